The topological polar surface area (TPSA) is 103 Å². The van der Waals surface area contributed by atoms with Crippen molar-refractivity contribution in [2.75, 3.05) is 18.0 Å². The normalized spacial score (nSPS) is 19.6. The summed E-state index contributed by atoms with van der Waals surface area (Å²) in [5.41, 5.74) is -0.593. The molecule has 4 rings (SSSR count). The molecule has 0 unspecified atom stereocenters. The second-order valence-electron chi connectivity index (χ2n) is 13.6. The zero-order valence-corrected chi connectivity index (χ0v) is 25.5. The fourth-order valence-electron chi connectivity index (χ4n) is 4.62. The predicted molar refractivity (Wildman–Crippen MR) is 155 cm³/mol. The summed E-state index contributed by atoms with van der Waals surface area (Å²) in [6.07, 6.45) is 1.92. The lowest BCUT2D eigenvalue weighted by molar-refractivity contribution is 0.00578. The van der Waals surface area contributed by atoms with E-state index in [0.29, 0.717) is 31.4 Å². The first-order chi connectivity index (χ1) is 18.4. The summed E-state index contributed by atoms with van der Waals surface area (Å²) in [5.74, 6) is 0.265. The van der Waals surface area contributed by atoms with Crippen LogP contribution in [0.25, 0.3) is 10.9 Å². The average Bonchev–Trinajstić information content (AvgIpc) is 3.03. The van der Waals surface area contributed by atoms with Crippen LogP contribution >= 0.6 is 0 Å². The number of fused-ring (bicyclic) bond motifs is 1. The lowest BCUT2D eigenvalue weighted by Gasteiger charge is -2.38. The number of likely N-dealkylation sites (tertiary alicyclic amines) is 1. The second kappa shape index (κ2) is 10.5. The van der Waals surface area contributed by atoms with Crippen molar-refractivity contribution < 1.29 is 28.4 Å². The van der Waals surface area contributed by atoms with Crippen LogP contribution < -0.4 is 10.4 Å². The molecular weight excluding hydrogens is 511 g/mol. The number of hydrogen-bond acceptors (Lipinski definition) is 8. The molecule has 2 fully saturated rings. The third kappa shape index (κ3) is 6.69. The van der Waals surface area contributed by atoms with E-state index in [1.54, 1.807) is 11.1 Å². The Morgan fingerprint density at radius 2 is 1.55 bits per heavy atom. The second-order valence-corrected chi connectivity index (χ2v) is 13.6. The summed E-state index contributed by atoms with van der Waals surface area (Å²) >= 11 is 0. The number of carbonyl (C=O) groups is 2. The van der Waals surface area contributed by atoms with Crippen LogP contribution in [-0.2, 0) is 18.8 Å². The molecule has 0 atom stereocenters. The number of rotatable bonds is 3. The van der Waals surface area contributed by atoms with E-state index in [1.807, 2.05) is 87.4 Å². The van der Waals surface area contributed by atoms with Crippen molar-refractivity contribution in [3.05, 3.63) is 24.4 Å². The highest BCUT2D eigenvalue weighted by Crippen LogP contribution is 2.36. The molecule has 11 heteroatoms. The summed E-state index contributed by atoms with van der Waals surface area (Å²) in [4.78, 5) is 38.6. The fourth-order valence-corrected chi connectivity index (χ4v) is 4.62. The summed E-state index contributed by atoms with van der Waals surface area (Å²) in [6.45, 7) is 20.0. The van der Waals surface area contributed by atoms with E-state index in [2.05, 4.69) is 4.98 Å². The molecule has 0 radical (unpaired) electrons. The van der Waals surface area contributed by atoms with Crippen molar-refractivity contribution in [3.8, 4) is 0 Å². The zero-order chi connectivity index (χ0) is 29.7. The highest BCUT2D eigenvalue weighted by Gasteiger charge is 2.51. The van der Waals surface area contributed by atoms with Crippen LogP contribution in [0.15, 0.2) is 24.4 Å². The number of benzene rings is 1. The van der Waals surface area contributed by atoms with Gasteiger partial charge in [-0.2, -0.15) is 0 Å². The van der Waals surface area contributed by atoms with Gasteiger partial charge in [0.25, 0.3) is 0 Å². The van der Waals surface area contributed by atoms with Gasteiger partial charge in [0.05, 0.1) is 16.7 Å². The SMILES string of the molecule is CC(C)(C)OC(=O)N1CCC(N(C(=O)OC(C)(C)C)c2ncc3cc(B4OC(C)(C)C(C)(C)O4)ccc3n2)CC1. The van der Waals surface area contributed by atoms with Gasteiger partial charge in [-0.05, 0) is 93.6 Å². The van der Waals surface area contributed by atoms with E-state index < -0.39 is 35.6 Å². The molecule has 2 saturated heterocycles. The van der Waals surface area contributed by atoms with E-state index >= 15 is 0 Å². The van der Waals surface area contributed by atoms with Gasteiger partial charge in [-0.3, -0.25) is 0 Å². The van der Waals surface area contributed by atoms with Crippen LogP contribution in [0.1, 0.15) is 82.1 Å². The van der Waals surface area contributed by atoms with Crippen molar-refractivity contribution in [2.45, 2.75) is 111 Å². The van der Waals surface area contributed by atoms with Gasteiger partial charge in [-0.1, -0.05) is 12.1 Å². The number of ether oxygens (including phenoxy) is 2. The number of hydrogen-bond donors (Lipinski definition) is 0. The van der Waals surface area contributed by atoms with Crippen LogP contribution in [0.3, 0.4) is 0 Å². The Kier molecular flexibility index (Phi) is 7.88. The van der Waals surface area contributed by atoms with Crippen LogP contribution in [0.5, 0.6) is 0 Å². The quantitative estimate of drug-likeness (QED) is 0.485. The van der Waals surface area contributed by atoms with Crippen molar-refractivity contribution in [2.24, 2.45) is 0 Å². The molecule has 0 bridgehead atoms. The number of anilines is 1. The highest BCUT2D eigenvalue weighted by atomic mass is 16.7. The monoisotopic (exact) mass is 554 g/mol. The molecule has 2 aromatic rings. The van der Waals surface area contributed by atoms with Crippen molar-refractivity contribution in [1.29, 1.82) is 0 Å². The number of aromatic nitrogens is 2. The third-order valence-electron chi connectivity index (χ3n) is 7.40. The van der Waals surface area contributed by atoms with Crippen LogP contribution in [0.4, 0.5) is 15.5 Å². The predicted octanol–water partition coefficient (Wildman–Crippen LogP) is 5.07. The van der Waals surface area contributed by atoms with E-state index in [4.69, 9.17) is 23.8 Å². The molecule has 2 aliphatic rings. The van der Waals surface area contributed by atoms with Crippen LogP contribution in [0, 0.1) is 0 Å². The molecule has 2 amide bonds. The van der Waals surface area contributed by atoms with Gasteiger partial charge in [0.2, 0.25) is 5.95 Å². The molecule has 0 spiro atoms. The molecule has 40 heavy (non-hydrogen) atoms. The van der Waals surface area contributed by atoms with Gasteiger partial charge in [0.1, 0.15) is 11.2 Å². The molecule has 2 aliphatic heterocycles. The molecular formula is C29H43BN4O6. The van der Waals surface area contributed by atoms with Gasteiger partial charge in [0, 0.05) is 30.7 Å². The summed E-state index contributed by atoms with van der Waals surface area (Å²) in [7, 11) is -0.498. The summed E-state index contributed by atoms with van der Waals surface area (Å²) in [6, 6.07) is 5.53. The lowest BCUT2D eigenvalue weighted by Crippen LogP contribution is -2.51. The van der Waals surface area contributed by atoms with Crippen molar-refractivity contribution in [1.82, 2.24) is 14.9 Å². The summed E-state index contributed by atoms with van der Waals surface area (Å²) in [5, 5.41) is 0.805. The Bertz CT molecular complexity index is 1250. The van der Waals surface area contributed by atoms with Crippen LogP contribution in [0.2, 0.25) is 0 Å². The molecule has 0 N–H and O–H groups in total. The fraction of sp³-hybridized carbons (Fsp3) is 0.655. The Morgan fingerprint density at radius 1 is 0.975 bits per heavy atom. The van der Waals surface area contributed by atoms with E-state index in [-0.39, 0.29) is 18.1 Å². The number of amides is 2. The minimum absolute atomic E-state index is 0.241. The Morgan fingerprint density at radius 3 is 2.10 bits per heavy atom. The Hall–Kier alpha value is -2.92. The minimum Gasteiger partial charge on any atom is -0.444 e. The number of nitrogens with zero attached hydrogens (tertiary/aromatic N) is 4. The number of piperidine rings is 1. The first-order valence-corrected chi connectivity index (χ1v) is 14.0. The van der Waals surface area contributed by atoms with E-state index in [1.165, 1.54) is 4.90 Å². The summed E-state index contributed by atoms with van der Waals surface area (Å²) < 4.78 is 23.7. The zero-order valence-electron chi connectivity index (χ0n) is 25.5. The van der Waals surface area contributed by atoms with E-state index in [9.17, 15) is 9.59 Å². The molecule has 0 saturated carbocycles. The smallest absolute Gasteiger partial charge is 0.444 e. The van der Waals surface area contributed by atoms with Gasteiger partial charge in [-0.15, -0.1) is 0 Å². The van der Waals surface area contributed by atoms with Gasteiger partial charge >= 0.3 is 19.3 Å². The third-order valence-corrected chi connectivity index (χ3v) is 7.40. The van der Waals surface area contributed by atoms with Crippen LogP contribution in [-0.4, -0.2) is 75.7 Å². The molecule has 1 aromatic heterocycles. The minimum atomic E-state index is -0.693. The van der Waals surface area contributed by atoms with Gasteiger partial charge in [-0.25, -0.2) is 24.5 Å². The van der Waals surface area contributed by atoms with Gasteiger partial charge in [0.15, 0.2) is 0 Å². The standard InChI is InChI=1S/C29H43BN4O6/c1-26(2,3)37-24(35)33-15-13-21(14-16-33)34(25(36)38-27(4,5)6)23-31-18-19-17-20(11-12-22(19)32-23)30-39-28(7,8)29(9,10)40-30/h11-12,17-18,21H,13-16H2,1-10H3. The first kappa shape index (κ1) is 30.1. The molecule has 1 aromatic carbocycles. The first-order valence-electron chi connectivity index (χ1n) is 14.0. The Balaban J connectivity index is 1.57. The maximum absolute atomic E-state index is 13.4. The molecule has 3 heterocycles. The molecule has 10 nitrogen and oxygen atoms in total. The average molecular weight is 554 g/mol. The van der Waals surface area contributed by atoms with Gasteiger partial charge < -0.3 is 23.7 Å². The van der Waals surface area contributed by atoms with E-state index in [0.717, 1.165) is 10.8 Å². The molecule has 0 aliphatic carbocycles. The maximum atomic E-state index is 13.4. The largest absolute Gasteiger partial charge is 0.494 e. The van der Waals surface area contributed by atoms with Crippen molar-refractivity contribution >= 4 is 41.6 Å². The maximum Gasteiger partial charge on any atom is 0.494 e. The lowest BCUT2D eigenvalue weighted by atomic mass is 9.78. The highest BCUT2D eigenvalue weighted by molar-refractivity contribution is 6.62. The molecule has 218 valence electrons. The van der Waals surface area contributed by atoms with Crippen molar-refractivity contribution in [3.63, 3.8) is 0 Å². The Labute approximate surface area is 237 Å². The number of carbonyl (C=O) groups excluding carboxylic acids is 2.